The van der Waals surface area contributed by atoms with Crippen molar-refractivity contribution in [3.8, 4) is 11.3 Å². The summed E-state index contributed by atoms with van der Waals surface area (Å²) in [6, 6.07) is 9.39. The molecule has 0 aliphatic rings. The first-order valence-corrected chi connectivity index (χ1v) is 5.13. The normalized spacial score (nSPS) is 10.8. The van der Waals surface area contributed by atoms with Crippen LogP contribution >= 0.6 is 11.6 Å². The van der Waals surface area contributed by atoms with E-state index in [1.165, 1.54) is 6.33 Å². The summed E-state index contributed by atoms with van der Waals surface area (Å²) in [5, 5.41) is 4.52. The van der Waals surface area contributed by atoms with Crippen molar-refractivity contribution in [2.45, 2.75) is 0 Å². The highest BCUT2D eigenvalue weighted by atomic mass is 35.5. The van der Waals surface area contributed by atoms with Crippen LogP contribution in [0.4, 0.5) is 0 Å². The van der Waals surface area contributed by atoms with E-state index in [1.807, 2.05) is 30.5 Å². The third kappa shape index (κ3) is 1.53. The second-order valence-electron chi connectivity index (χ2n) is 3.32. The molecule has 3 aromatic heterocycles. The molecular weight excluding hydrogens is 224 g/mol. The van der Waals surface area contributed by atoms with E-state index in [-0.39, 0.29) is 0 Å². The summed E-state index contributed by atoms with van der Waals surface area (Å²) in [5.74, 6) is 0. The summed E-state index contributed by atoms with van der Waals surface area (Å²) < 4.78 is 1.70. The summed E-state index contributed by atoms with van der Waals surface area (Å²) in [4.78, 5) is 8.36. The molecule has 3 heterocycles. The smallest absolute Gasteiger partial charge is 0.155 e. The molecule has 0 N–H and O–H groups in total. The van der Waals surface area contributed by atoms with E-state index in [1.54, 1.807) is 10.6 Å². The van der Waals surface area contributed by atoms with Crippen molar-refractivity contribution in [3.63, 3.8) is 0 Å². The van der Waals surface area contributed by atoms with Crippen molar-refractivity contribution in [2.24, 2.45) is 0 Å². The lowest BCUT2D eigenvalue weighted by Crippen LogP contribution is -1.89. The van der Waals surface area contributed by atoms with E-state index in [0.29, 0.717) is 5.15 Å². The standard InChI is InChI=1S/C11H7ClN4/c12-10-3-1-2-9(15-10)8-4-5-16-11(6-8)13-7-14-16/h1-7H. The van der Waals surface area contributed by atoms with E-state index in [0.717, 1.165) is 16.9 Å². The van der Waals surface area contributed by atoms with Crippen molar-refractivity contribution in [2.75, 3.05) is 0 Å². The summed E-state index contributed by atoms with van der Waals surface area (Å²) in [5.41, 5.74) is 2.60. The minimum Gasteiger partial charge on any atom is -0.236 e. The number of hydrogen-bond acceptors (Lipinski definition) is 3. The Kier molecular flexibility index (Phi) is 2.08. The highest BCUT2D eigenvalue weighted by Crippen LogP contribution is 2.19. The van der Waals surface area contributed by atoms with Crippen LogP contribution in [0.25, 0.3) is 16.9 Å². The van der Waals surface area contributed by atoms with Crippen molar-refractivity contribution in [1.29, 1.82) is 0 Å². The Morgan fingerprint density at radius 1 is 1.19 bits per heavy atom. The Morgan fingerprint density at radius 3 is 3.00 bits per heavy atom. The van der Waals surface area contributed by atoms with Gasteiger partial charge in [0.15, 0.2) is 5.65 Å². The summed E-state index contributed by atoms with van der Waals surface area (Å²) in [6.07, 6.45) is 3.37. The largest absolute Gasteiger partial charge is 0.236 e. The Balaban J connectivity index is 2.18. The molecule has 0 fully saturated rings. The van der Waals surface area contributed by atoms with Gasteiger partial charge in [-0.25, -0.2) is 14.5 Å². The van der Waals surface area contributed by atoms with Gasteiger partial charge < -0.3 is 0 Å². The fourth-order valence-corrected chi connectivity index (χ4v) is 1.71. The van der Waals surface area contributed by atoms with Gasteiger partial charge in [0.1, 0.15) is 11.5 Å². The lowest BCUT2D eigenvalue weighted by atomic mass is 10.2. The first kappa shape index (κ1) is 9.30. The lowest BCUT2D eigenvalue weighted by molar-refractivity contribution is 0.961. The van der Waals surface area contributed by atoms with Crippen LogP contribution in [0.2, 0.25) is 5.15 Å². The van der Waals surface area contributed by atoms with Gasteiger partial charge in [-0.15, -0.1) is 0 Å². The predicted molar refractivity (Wildman–Crippen MR) is 61.2 cm³/mol. The van der Waals surface area contributed by atoms with Crippen molar-refractivity contribution in [1.82, 2.24) is 19.6 Å². The maximum Gasteiger partial charge on any atom is 0.155 e. The first-order chi connectivity index (χ1) is 7.83. The average molecular weight is 231 g/mol. The number of rotatable bonds is 1. The Labute approximate surface area is 96.5 Å². The molecule has 16 heavy (non-hydrogen) atoms. The lowest BCUT2D eigenvalue weighted by Gasteiger charge is -2.01. The van der Waals surface area contributed by atoms with Crippen LogP contribution in [-0.4, -0.2) is 19.6 Å². The van der Waals surface area contributed by atoms with Gasteiger partial charge in [0.25, 0.3) is 0 Å². The van der Waals surface area contributed by atoms with Gasteiger partial charge >= 0.3 is 0 Å². The number of hydrogen-bond donors (Lipinski definition) is 0. The molecule has 0 bridgehead atoms. The molecule has 0 saturated carbocycles. The van der Waals surface area contributed by atoms with E-state index >= 15 is 0 Å². The monoisotopic (exact) mass is 230 g/mol. The van der Waals surface area contributed by atoms with Crippen LogP contribution in [0.1, 0.15) is 0 Å². The predicted octanol–water partition coefficient (Wildman–Crippen LogP) is 2.44. The molecule has 0 radical (unpaired) electrons. The van der Waals surface area contributed by atoms with Gasteiger partial charge in [-0.05, 0) is 24.3 Å². The van der Waals surface area contributed by atoms with E-state index in [2.05, 4.69) is 15.1 Å². The molecule has 0 atom stereocenters. The number of fused-ring (bicyclic) bond motifs is 1. The van der Waals surface area contributed by atoms with Crippen molar-refractivity contribution in [3.05, 3.63) is 48.0 Å². The number of aromatic nitrogens is 4. The van der Waals surface area contributed by atoms with Gasteiger partial charge in [-0.3, -0.25) is 0 Å². The second kappa shape index (κ2) is 3.57. The third-order valence-corrected chi connectivity index (χ3v) is 2.50. The number of halogens is 1. The highest BCUT2D eigenvalue weighted by Gasteiger charge is 2.02. The molecule has 0 aliphatic carbocycles. The quantitative estimate of drug-likeness (QED) is 0.603. The Bertz CT molecular complexity index is 647. The number of pyridine rings is 2. The SMILES string of the molecule is Clc1cccc(-c2ccn3ncnc3c2)n1. The second-order valence-corrected chi connectivity index (χ2v) is 3.71. The molecular formula is C11H7ClN4. The minimum absolute atomic E-state index is 0.485. The maximum atomic E-state index is 5.85. The molecule has 3 aromatic rings. The highest BCUT2D eigenvalue weighted by molar-refractivity contribution is 6.29. The molecule has 0 aromatic carbocycles. The van der Waals surface area contributed by atoms with Crippen LogP contribution in [-0.2, 0) is 0 Å². The molecule has 0 saturated heterocycles. The number of nitrogens with zero attached hydrogens (tertiary/aromatic N) is 4. The van der Waals surface area contributed by atoms with Crippen LogP contribution in [0.15, 0.2) is 42.9 Å². The fourth-order valence-electron chi connectivity index (χ4n) is 1.54. The first-order valence-electron chi connectivity index (χ1n) is 4.75. The van der Waals surface area contributed by atoms with Gasteiger partial charge in [0.2, 0.25) is 0 Å². The van der Waals surface area contributed by atoms with Crippen LogP contribution in [0.3, 0.4) is 0 Å². The summed E-state index contributed by atoms with van der Waals surface area (Å²) >= 11 is 5.85. The van der Waals surface area contributed by atoms with Crippen molar-refractivity contribution < 1.29 is 0 Å². The zero-order valence-electron chi connectivity index (χ0n) is 8.21. The van der Waals surface area contributed by atoms with E-state index in [4.69, 9.17) is 11.6 Å². The van der Waals surface area contributed by atoms with E-state index < -0.39 is 0 Å². The Morgan fingerprint density at radius 2 is 2.12 bits per heavy atom. The van der Waals surface area contributed by atoms with Crippen molar-refractivity contribution >= 4 is 17.2 Å². The molecule has 0 amide bonds. The topological polar surface area (TPSA) is 43.1 Å². The van der Waals surface area contributed by atoms with Gasteiger partial charge in [0, 0.05) is 11.8 Å². The molecule has 3 rings (SSSR count). The molecule has 4 nitrogen and oxygen atoms in total. The van der Waals surface area contributed by atoms with Crippen LogP contribution < -0.4 is 0 Å². The van der Waals surface area contributed by atoms with Gasteiger partial charge in [-0.2, -0.15) is 5.10 Å². The van der Waals surface area contributed by atoms with E-state index in [9.17, 15) is 0 Å². The molecule has 78 valence electrons. The fraction of sp³-hybridized carbons (Fsp3) is 0. The van der Waals surface area contributed by atoms with Crippen LogP contribution in [0, 0.1) is 0 Å². The molecule has 0 aliphatic heterocycles. The Hall–Kier alpha value is -1.94. The van der Waals surface area contributed by atoms with Gasteiger partial charge in [-0.1, -0.05) is 17.7 Å². The molecule has 5 heteroatoms. The zero-order valence-corrected chi connectivity index (χ0v) is 8.96. The minimum atomic E-state index is 0.485. The average Bonchev–Trinajstić information content (AvgIpc) is 2.75. The summed E-state index contributed by atoms with van der Waals surface area (Å²) in [6.45, 7) is 0. The molecule has 0 spiro atoms. The summed E-state index contributed by atoms with van der Waals surface area (Å²) in [7, 11) is 0. The maximum absolute atomic E-state index is 5.85. The molecule has 0 unspecified atom stereocenters. The third-order valence-electron chi connectivity index (χ3n) is 2.29. The van der Waals surface area contributed by atoms with Crippen LogP contribution in [0.5, 0.6) is 0 Å². The zero-order chi connectivity index (χ0) is 11.0. The van der Waals surface area contributed by atoms with Gasteiger partial charge in [0.05, 0.1) is 5.69 Å².